The Morgan fingerprint density at radius 2 is 1.68 bits per heavy atom. The van der Waals surface area contributed by atoms with Crippen molar-refractivity contribution in [3.05, 3.63) is 78.1 Å². The molecule has 0 spiro atoms. The predicted molar refractivity (Wildman–Crippen MR) is 98.3 cm³/mol. The number of aryl methyl sites for hydroxylation is 1. The Kier molecular flexibility index (Phi) is 5.31. The topological polar surface area (TPSA) is 64.0 Å². The van der Waals surface area contributed by atoms with E-state index in [1.54, 1.807) is 23.0 Å². The van der Waals surface area contributed by atoms with Gasteiger partial charge in [-0.25, -0.2) is 17.8 Å². The number of hydrogen-bond acceptors (Lipinski definition) is 3. The largest absolute Gasteiger partial charge is 0.241 e. The summed E-state index contributed by atoms with van der Waals surface area (Å²) >= 11 is 0. The summed E-state index contributed by atoms with van der Waals surface area (Å²) in [6.07, 6.45) is 5.14. The highest BCUT2D eigenvalue weighted by atomic mass is 32.2. The van der Waals surface area contributed by atoms with Crippen LogP contribution >= 0.6 is 0 Å². The fraction of sp³-hybridized carbons (Fsp3) is 0.211. The molecule has 1 N–H and O–H groups in total. The summed E-state index contributed by atoms with van der Waals surface area (Å²) in [5.74, 6) is 0. The van der Waals surface area contributed by atoms with Crippen LogP contribution in [-0.4, -0.2) is 24.7 Å². The first-order valence-corrected chi connectivity index (χ1v) is 9.74. The Hall–Kier alpha value is -2.44. The molecule has 0 radical (unpaired) electrons. The number of nitrogens with zero attached hydrogens (tertiary/aromatic N) is 2. The number of benzene rings is 2. The first-order valence-electron chi connectivity index (χ1n) is 8.26. The molecule has 3 aromatic rings. The van der Waals surface area contributed by atoms with E-state index in [-0.39, 0.29) is 0 Å². The van der Waals surface area contributed by atoms with Gasteiger partial charge in [-0.1, -0.05) is 31.2 Å². The Balaban J connectivity index is 1.58. The molecule has 3 rings (SSSR count). The van der Waals surface area contributed by atoms with Gasteiger partial charge in [0.25, 0.3) is 0 Å². The van der Waals surface area contributed by atoms with Crippen LogP contribution in [-0.2, 0) is 22.9 Å². The molecule has 0 atom stereocenters. The molecular weight excluding hydrogens is 334 g/mol. The lowest BCUT2D eigenvalue weighted by atomic mass is 10.1. The van der Waals surface area contributed by atoms with E-state index in [1.807, 2.05) is 55.6 Å². The van der Waals surface area contributed by atoms with E-state index in [2.05, 4.69) is 9.82 Å². The third-order valence-electron chi connectivity index (χ3n) is 4.05. The normalized spacial score (nSPS) is 11.6. The highest BCUT2D eigenvalue weighted by Crippen LogP contribution is 2.12. The van der Waals surface area contributed by atoms with Gasteiger partial charge >= 0.3 is 0 Å². The summed E-state index contributed by atoms with van der Waals surface area (Å²) in [4.78, 5) is 0.304. The predicted octanol–water partition coefficient (Wildman–Crippen LogP) is 2.96. The Morgan fingerprint density at radius 1 is 1.00 bits per heavy atom. The Labute approximate surface area is 148 Å². The summed E-state index contributed by atoms with van der Waals surface area (Å²) in [7, 11) is -3.46. The maximum absolute atomic E-state index is 12.3. The SMILES string of the molecule is CCc1ccc(S(=O)(=O)NCCc2ccc(-n3cccn3)cc2)cc1. The number of aromatic nitrogens is 2. The van der Waals surface area contributed by atoms with Crippen molar-refractivity contribution in [2.45, 2.75) is 24.7 Å². The van der Waals surface area contributed by atoms with Crippen LogP contribution in [0.25, 0.3) is 5.69 Å². The van der Waals surface area contributed by atoms with Gasteiger partial charge in [0.2, 0.25) is 10.0 Å². The minimum atomic E-state index is -3.46. The molecule has 0 aliphatic carbocycles. The zero-order chi connectivity index (χ0) is 17.7. The van der Waals surface area contributed by atoms with E-state index < -0.39 is 10.0 Å². The van der Waals surface area contributed by atoms with Gasteiger partial charge in [-0.15, -0.1) is 0 Å². The average molecular weight is 355 g/mol. The molecular formula is C19H21N3O2S. The quantitative estimate of drug-likeness (QED) is 0.709. The molecule has 0 aliphatic rings. The molecule has 0 amide bonds. The number of nitrogens with one attached hydrogen (secondary N) is 1. The van der Waals surface area contributed by atoms with Crippen LogP contribution in [0.2, 0.25) is 0 Å². The van der Waals surface area contributed by atoms with E-state index in [0.29, 0.717) is 17.9 Å². The lowest BCUT2D eigenvalue weighted by Gasteiger charge is -2.08. The van der Waals surface area contributed by atoms with Crippen molar-refractivity contribution in [1.82, 2.24) is 14.5 Å². The molecule has 1 heterocycles. The van der Waals surface area contributed by atoms with Crippen molar-refractivity contribution in [2.24, 2.45) is 0 Å². The van der Waals surface area contributed by atoms with Crippen molar-refractivity contribution in [2.75, 3.05) is 6.54 Å². The molecule has 1 aromatic heterocycles. The summed E-state index contributed by atoms with van der Waals surface area (Å²) < 4.78 is 29.1. The minimum absolute atomic E-state index is 0.304. The Bertz CT molecular complexity index is 900. The summed E-state index contributed by atoms with van der Waals surface area (Å²) in [5, 5.41) is 4.18. The number of sulfonamides is 1. The monoisotopic (exact) mass is 355 g/mol. The van der Waals surface area contributed by atoms with E-state index in [0.717, 1.165) is 23.2 Å². The molecule has 25 heavy (non-hydrogen) atoms. The van der Waals surface area contributed by atoms with Gasteiger partial charge in [0.05, 0.1) is 10.6 Å². The molecule has 6 heteroatoms. The number of rotatable bonds is 7. The fourth-order valence-electron chi connectivity index (χ4n) is 2.55. The highest BCUT2D eigenvalue weighted by molar-refractivity contribution is 7.89. The van der Waals surface area contributed by atoms with E-state index >= 15 is 0 Å². The second-order valence-corrected chi connectivity index (χ2v) is 7.53. The van der Waals surface area contributed by atoms with Gasteiger partial charge in [0.15, 0.2) is 0 Å². The third-order valence-corrected chi connectivity index (χ3v) is 5.53. The van der Waals surface area contributed by atoms with Gasteiger partial charge in [0, 0.05) is 18.9 Å². The maximum Gasteiger partial charge on any atom is 0.240 e. The first kappa shape index (κ1) is 17.4. The standard InChI is InChI=1S/C19H21N3O2S/c1-2-16-6-10-19(11-7-16)25(23,24)21-14-12-17-4-8-18(9-5-17)22-15-3-13-20-22/h3-11,13,15,21H,2,12,14H2,1H3. The van der Waals surface area contributed by atoms with Crippen LogP contribution in [0, 0.1) is 0 Å². The highest BCUT2D eigenvalue weighted by Gasteiger charge is 2.12. The molecule has 5 nitrogen and oxygen atoms in total. The molecule has 0 aliphatic heterocycles. The summed E-state index contributed by atoms with van der Waals surface area (Å²) in [6.45, 7) is 2.40. The summed E-state index contributed by atoms with van der Waals surface area (Å²) in [5.41, 5.74) is 3.17. The zero-order valence-corrected chi connectivity index (χ0v) is 14.9. The lowest BCUT2D eigenvalue weighted by molar-refractivity contribution is 0.581. The molecule has 2 aromatic carbocycles. The minimum Gasteiger partial charge on any atom is -0.241 e. The second kappa shape index (κ2) is 7.63. The van der Waals surface area contributed by atoms with E-state index in [1.165, 1.54) is 0 Å². The molecule has 0 saturated carbocycles. The van der Waals surface area contributed by atoms with E-state index in [4.69, 9.17) is 0 Å². The average Bonchev–Trinajstić information content (AvgIpc) is 3.17. The van der Waals surface area contributed by atoms with Crippen molar-refractivity contribution in [3.8, 4) is 5.69 Å². The van der Waals surface area contributed by atoms with Crippen molar-refractivity contribution in [3.63, 3.8) is 0 Å². The van der Waals surface area contributed by atoms with Crippen LogP contribution in [0.15, 0.2) is 71.9 Å². The second-order valence-electron chi connectivity index (χ2n) is 5.76. The number of hydrogen-bond donors (Lipinski definition) is 1. The van der Waals surface area contributed by atoms with Crippen molar-refractivity contribution in [1.29, 1.82) is 0 Å². The molecule has 0 fully saturated rings. The zero-order valence-electron chi connectivity index (χ0n) is 14.1. The van der Waals surface area contributed by atoms with Crippen LogP contribution in [0.5, 0.6) is 0 Å². The van der Waals surface area contributed by atoms with Gasteiger partial charge < -0.3 is 0 Å². The maximum atomic E-state index is 12.3. The van der Waals surface area contributed by atoms with Crippen molar-refractivity contribution >= 4 is 10.0 Å². The van der Waals surface area contributed by atoms with E-state index in [9.17, 15) is 8.42 Å². The van der Waals surface area contributed by atoms with Crippen LogP contribution in [0.3, 0.4) is 0 Å². The molecule has 0 saturated heterocycles. The smallest absolute Gasteiger partial charge is 0.240 e. The van der Waals surface area contributed by atoms with Crippen molar-refractivity contribution < 1.29 is 8.42 Å². The first-order chi connectivity index (χ1) is 12.1. The van der Waals surface area contributed by atoms with Gasteiger partial charge in [-0.3, -0.25) is 0 Å². The van der Waals surface area contributed by atoms with Crippen LogP contribution in [0.4, 0.5) is 0 Å². The van der Waals surface area contributed by atoms with Crippen LogP contribution < -0.4 is 4.72 Å². The fourth-order valence-corrected chi connectivity index (χ4v) is 3.59. The third kappa shape index (κ3) is 4.35. The molecule has 0 unspecified atom stereocenters. The van der Waals surface area contributed by atoms with Gasteiger partial charge in [-0.05, 0) is 54.3 Å². The summed E-state index contributed by atoms with van der Waals surface area (Å²) in [6, 6.07) is 16.8. The Morgan fingerprint density at radius 3 is 2.28 bits per heavy atom. The van der Waals surface area contributed by atoms with Gasteiger partial charge in [0.1, 0.15) is 0 Å². The van der Waals surface area contributed by atoms with Crippen LogP contribution in [0.1, 0.15) is 18.1 Å². The van der Waals surface area contributed by atoms with Gasteiger partial charge in [-0.2, -0.15) is 5.10 Å². The molecule has 0 bridgehead atoms. The molecule has 130 valence electrons. The lowest BCUT2D eigenvalue weighted by Crippen LogP contribution is -2.26.